The first kappa shape index (κ1) is 21.7. The lowest BCUT2D eigenvalue weighted by molar-refractivity contribution is -0.0440. The number of sulfonamides is 1. The monoisotopic (exact) mass is 435 g/mol. The van der Waals surface area contributed by atoms with E-state index in [2.05, 4.69) is 4.90 Å². The van der Waals surface area contributed by atoms with Crippen LogP contribution in [0.1, 0.15) is 49.9 Å². The average molecular weight is 436 g/mol. The molecule has 3 heterocycles. The van der Waals surface area contributed by atoms with E-state index in [1.54, 1.807) is 24.3 Å². The van der Waals surface area contributed by atoms with Gasteiger partial charge in [-0.05, 0) is 76.9 Å². The minimum absolute atomic E-state index is 0.00858. The summed E-state index contributed by atoms with van der Waals surface area (Å²) in [6.45, 7) is 8.45. The van der Waals surface area contributed by atoms with Crippen LogP contribution in [0.2, 0.25) is 0 Å². The van der Waals surface area contributed by atoms with Gasteiger partial charge in [0.1, 0.15) is 0 Å². The third-order valence-corrected chi connectivity index (χ3v) is 8.28. The molecule has 1 aromatic rings. The lowest BCUT2D eigenvalue weighted by Crippen LogP contribution is -2.48. The summed E-state index contributed by atoms with van der Waals surface area (Å²) in [7, 11) is -3.59. The topological polar surface area (TPSA) is 70.2 Å². The van der Waals surface area contributed by atoms with E-state index < -0.39 is 10.0 Å². The number of amides is 1. The highest BCUT2D eigenvalue weighted by molar-refractivity contribution is 7.89. The number of ether oxygens (including phenoxy) is 1. The molecule has 0 aliphatic carbocycles. The highest BCUT2D eigenvalue weighted by atomic mass is 32.2. The van der Waals surface area contributed by atoms with E-state index >= 15 is 0 Å². The molecular formula is C22H33N3O4S. The summed E-state index contributed by atoms with van der Waals surface area (Å²) < 4.78 is 33.2. The van der Waals surface area contributed by atoms with Crippen molar-refractivity contribution in [1.29, 1.82) is 0 Å². The van der Waals surface area contributed by atoms with Crippen LogP contribution >= 0.6 is 0 Å². The van der Waals surface area contributed by atoms with Crippen LogP contribution in [0.15, 0.2) is 29.2 Å². The number of carbonyl (C=O) groups is 1. The number of likely N-dealkylation sites (tertiary alicyclic amines) is 2. The van der Waals surface area contributed by atoms with Gasteiger partial charge in [0, 0.05) is 37.8 Å². The normalized spacial score (nSPS) is 28.9. The lowest BCUT2D eigenvalue weighted by atomic mass is 10.1. The Morgan fingerprint density at radius 3 is 2.27 bits per heavy atom. The molecule has 0 radical (unpaired) electrons. The van der Waals surface area contributed by atoms with Gasteiger partial charge in [0.2, 0.25) is 10.0 Å². The summed E-state index contributed by atoms with van der Waals surface area (Å²) >= 11 is 0. The molecule has 0 spiro atoms. The average Bonchev–Trinajstić information content (AvgIpc) is 3.39. The van der Waals surface area contributed by atoms with Crippen molar-refractivity contribution in [2.45, 2.75) is 62.7 Å². The maximum Gasteiger partial charge on any atom is 0.254 e. The molecule has 3 aliphatic heterocycles. The van der Waals surface area contributed by atoms with Gasteiger partial charge in [0.05, 0.1) is 17.1 Å². The largest absolute Gasteiger partial charge is 0.373 e. The second-order valence-corrected chi connectivity index (χ2v) is 10.8. The molecule has 8 heteroatoms. The van der Waals surface area contributed by atoms with E-state index in [9.17, 15) is 13.2 Å². The number of hydrogen-bond acceptors (Lipinski definition) is 5. The third kappa shape index (κ3) is 4.56. The summed E-state index contributed by atoms with van der Waals surface area (Å²) in [6, 6.07) is 6.72. The Hall–Kier alpha value is -1.48. The molecule has 3 fully saturated rings. The van der Waals surface area contributed by atoms with E-state index in [-0.39, 0.29) is 29.1 Å². The zero-order chi connectivity index (χ0) is 21.3. The van der Waals surface area contributed by atoms with Crippen LogP contribution in [-0.4, -0.2) is 85.9 Å². The van der Waals surface area contributed by atoms with E-state index in [1.165, 1.54) is 17.1 Å². The number of carbonyl (C=O) groups excluding carboxylic acids is 1. The van der Waals surface area contributed by atoms with E-state index in [0.717, 1.165) is 39.0 Å². The fourth-order valence-electron chi connectivity index (χ4n) is 4.97. The molecule has 0 bridgehead atoms. The van der Waals surface area contributed by atoms with Gasteiger partial charge in [0.15, 0.2) is 0 Å². The summed E-state index contributed by atoms with van der Waals surface area (Å²) in [5, 5.41) is 0. The molecule has 0 aromatic heterocycles. The maximum atomic E-state index is 13.1. The first-order chi connectivity index (χ1) is 14.3. The molecule has 0 saturated carbocycles. The molecule has 3 unspecified atom stereocenters. The van der Waals surface area contributed by atoms with Crippen LogP contribution < -0.4 is 0 Å². The number of benzene rings is 1. The van der Waals surface area contributed by atoms with Gasteiger partial charge in [-0.25, -0.2) is 8.42 Å². The first-order valence-corrected chi connectivity index (χ1v) is 12.6. The smallest absolute Gasteiger partial charge is 0.254 e. The molecule has 1 amide bonds. The van der Waals surface area contributed by atoms with Crippen molar-refractivity contribution in [3.05, 3.63) is 29.8 Å². The maximum absolute atomic E-state index is 13.1. The third-order valence-electron chi connectivity index (χ3n) is 6.43. The van der Waals surface area contributed by atoms with E-state index in [0.29, 0.717) is 18.7 Å². The minimum atomic E-state index is -3.59. The molecule has 30 heavy (non-hydrogen) atoms. The highest BCUT2D eigenvalue weighted by Crippen LogP contribution is 2.25. The van der Waals surface area contributed by atoms with Crippen molar-refractivity contribution in [1.82, 2.24) is 14.1 Å². The lowest BCUT2D eigenvalue weighted by Gasteiger charge is -2.34. The van der Waals surface area contributed by atoms with Gasteiger partial charge in [-0.1, -0.05) is 0 Å². The Morgan fingerprint density at radius 1 is 1.00 bits per heavy atom. The summed E-state index contributed by atoms with van der Waals surface area (Å²) in [5.41, 5.74) is 0.561. The van der Waals surface area contributed by atoms with Crippen molar-refractivity contribution in [3.8, 4) is 0 Å². The molecule has 7 nitrogen and oxygen atoms in total. The zero-order valence-corrected chi connectivity index (χ0v) is 18.8. The van der Waals surface area contributed by atoms with Crippen molar-refractivity contribution in [2.24, 2.45) is 0 Å². The molecule has 3 saturated heterocycles. The molecule has 0 N–H and O–H groups in total. The van der Waals surface area contributed by atoms with Crippen LogP contribution in [0.25, 0.3) is 0 Å². The number of nitrogens with zero attached hydrogens (tertiary/aromatic N) is 3. The Balaban J connectivity index is 1.45. The Kier molecular flexibility index (Phi) is 6.48. The number of hydrogen-bond donors (Lipinski definition) is 0. The summed E-state index contributed by atoms with van der Waals surface area (Å²) in [5.74, 6) is 0.00858. The highest BCUT2D eigenvalue weighted by Gasteiger charge is 2.34. The van der Waals surface area contributed by atoms with Gasteiger partial charge < -0.3 is 14.5 Å². The fraction of sp³-hybridized carbons (Fsp3) is 0.682. The zero-order valence-electron chi connectivity index (χ0n) is 18.0. The predicted molar refractivity (Wildman–Crippen MR) is 115 cm³/mol. The molecule has 4 rings (SSSR count). The Bertz CT molecular complexity index is 842. The molecule has 1 aromatic carbocycles. The molecule has 3 atom stereocenters. The minimum Gasteiger partial charge on any atom is -0.373 e. The molecule has 3 aliphatic rings. The molecule has 166 valence electrons. The van der Waals surface area contributed by atoms with E-state index in [1.807, 2.05) is 18.7 Å². The Labute approximate surface area is 180 Å². The summed E-state index contributed by atoms with van der Waals surface area (Å²) in [4.78, 5) is 17.8. The van der Waals surface area contributed by atoms with Crippen LogP contribution in [0.5, 0.6) is 0 Å². The Morgan fingerprint density at radius 2 is 1.63 bits per heavy atom. The van der Waals surface area contributed by atoms with Crippen molar-refractivity contribution < 1.29 is 17.9 Å². The number of morpholine rings is 1. The van der Waals surface area contributed by atoms with Gasteiger partial charge in [-0.15, -0.1) is 0 Å². The van der Waals surface area contributed by atoms with Gasteiger partial charge >= 0.3 is 0 Å². The quantitative estimate of drug-likeness (QED) is 0.709. The molecular weight excluding hydrogens is 402 g/mol. The van der Waals surface area contributed by atoms with Gasteiger partial charge in [-0.2, -0.15) is 4.31 Å². The SMILES string of the molecule is CC1CN(S(=O)(=O)c2ccc(C(=O)N3CCCC3CN3CCCC3)cc2)CC(C)O1. The standard InChI is InChI=1S/C22H33N3O4S/c1-17-14-24(15-18(2)29-17)30(27,28)21-9-7-19(8-10-21)22(26)25-13-5-6-20(25)16-23-11-3-4-12-23/h7-10,17-18,20H,3-6,11-16H2,1-2H3. The summed E-state index contributed by atoms with van der Waals surface area (Å²) in [6.07, 6.45) is 4.31. The van der Waals surface area contributed by atoms with Gasteiger partial charge in [-0.3, -0.25) is 4.79 Å². The predicted octanol–water partition coefficient (Wildman–Crippen LogP) is 2.18. The van der Waals surface area contributed by atoms with Crippen molar-refractivity contribution in [3.63, 3.8) is 0 Å². The van der Waals surface area contributed by atoms with Crippen LogP contribution in [-0.2, 0) is 14.8 Å². The van der Waals surface area contributed by atoms with Crippen LogP contribution in [0.4, 0.5) is 0 Å². The van der Waals surface area contributed by atoms with Gasteiger partial charge in [0.25, 0.3) is 5.91 Å². The van der Waals surface area contributed by atoms with Crippen LogP contribution in [0, 0.1) is 0 Å². The second-order valence-electron chi connectivity index (χ2n) is 8.91. The first-order valence-electron chi connectivity index (χ1n) is 11.1. The number of rotatable bonds is 5. The van der Waals surface area contributed by atoms with Crippen molar-refractivity contribution >= 4 is 15.9 Å². The fourth-order valence-corrected chi connectivity index (χ4v) is 6.56. The van der Waals surface area contributed by atoms with Crippen molar-refractivity contribution in [2.75, 3.05) is 39.3 Å². The van der Waals surface area contributed by atoms with E-state index in [4.69, 9.17) is 4.74 Å². The second kappa shape index (κ2) is 8.94. The van der Waals surface area contributed by atoms with Crippen LogP contribution in [0.3, 0.4) is 0 Å².